The molecule has 0 amide bonds. The Kier molecular flexibility index (Phi) is 15.6. The Morgan fingerprint density at radius 1 is 0.704 bits per heavy atom. The lowest BCUT2D eigenvalue weighted by Crippen LogP contribution is -2.61. The molecule has 4 nitrogen and oxygen atoms in total. The summed E-state index contributed by atoms with van der Waals surface area (Å²) in [5.74, 6) is 0. The molecule has 4 heteroatoms. The SMILES string of the molecule is CCCCCC(O)C(CO)(CO)C(CCCCC)(CCCCC)OCCC. The van der Waals surface area contributed by atoms with Crippen molar-refractivity contribution in [3.63, 3.8) is 0 Å². The van der Waals surface area contributed by atoms with E-state index in [0.29, 0.717) is 13.0 Å². The molecule has 0 aromatic carbocycles. The third kappa shape index (κ3) is 8.00. The molecule has 0 saturated carbocycles. The quantitative estimate of drug-likeness (QED) is 0.265. The molecule has 0 fully saturated rings. The average Bonchev–Trinajstić information content (AvgIpc) is 2.68. The van der Waals surface area contributed by atoms with Gasteiger partial charge in [0.05, 0.1) is 30.3 Å². The van der Waals surface area contributed by atoms with Crippen LogP contribution in [0.2, 0.25) is 0 Å². The molecule has 0 heterocycles. The van der Waals surface area contributed by atoms with Crippen LogP contribution in [-0.2, 0) is 4.74 Å². The van der Waals surface area contributed by atoms with Gasteiger partial charge in [-0.15, -0.1) is 0 Å². The van der Waals surface area contributed by atoms with E-state index in [4.69, 9.17) is 4.74 Å². The number of aliphatic hydroxyl groups is 3. The molecular weight excluding hydrogens is 340 g/mol. The maximum Gasteiger partial charge on any atom is 0.0807 e. The van der Waals surface area contributed by atoms with Crippen LogP contribution in [0.25, 0.3) is 0 Å². The van der Waals surface area contributed by atoms with Gasteiger partial charge >= 0.3 is 0 Å². The monoisotopic (exact) mass is 388 g/mol. The van der Waals surface area contributed by atoms with Crippen molar-refractivity contribution in [2.24, 2.45) is 5.41 Å². The Bertz CT molecular complexity index is 318. The van der Waals surface area contributed by atoms with Crippen LogP contribution in [0.15, 0.2) is 0 Å². The fraction of sp³-hybridized carbons (Fsp3) is 1.00. The highest BCUT2D eigenvalue weighted by molar-refractivity contribution is 5.04. The summed E-state index contributed by atoms with van der Waals surface area (Å²) in [7, 11) is 0. The standard InChI is InChI=1S/C23H48O4/c1-5-9-12-15-21(26)22(19-24,20-25)23(27-18-8-4,16-13-10-6-2)17-14-11-7-3/h21,24-26H,5-20H2,1-4H3. The first kappa shape index (κ1) is 26.8. The molecule has 0 aliphatic rings. The first-order valence-corrected chi connectivity index (χ1v) is 11.6. The third-order valence-electron chi connectivity index (χ3n) is 6.14. The molecule has 0 aromatic heterocycles. The van der Waals surface area contributed by atoms with E-state index in [1.54, 1.807) is 0 Å². The highest BCUT2D eigenvalue weighted by Crippen LogP contribution is 2.46. The van der Waals surface area contributed by atoms with E-state index in [2.05, 4.69) is 27.7 Å². The van der Waals surface area contributed by atoms with Crippen molar-refractivity contribution in [1.82, 2.24) is 0 Å². The van der Waals surface area contributed by atoms with Crippen molar-refractivity contribution in [2.75, 3.05) is 19.8 Å². The molecule has 1 atom stereocenters. The van der Waals surface area contributed by atoms with E-state index in [1.165, 1.54) is 0 Å². The van der Waals surface area contributed by atoms with Gasteiger partial charge in [0.15, 0.2) is 0 Å². The number of unbranched alkanes of at least 4 members (excludes halogenated alkanes) is 6. The van der Waals surface area contributed by atoms with Gasteiger partial charge in [-0.3, -0.25) is 0 Å². The minimum Gasteiger partial charge on any atom is -0.395 e. The highest BCUT2D eigenvalue weighted by atomic mass is 16.5. The van der Waals surface area contributed by atoms with Gasteiger partial charge in [0.2, 0.25) is 0 Å². The summed E-state index contributed by atoms with van der Waals surface area (Å²) in [6, 6.07) is 0. The van der Waals surface area contributed by atoms with E-state index in [1.807, 2.05) is 0 Å². The zero-order valence-electron chi connectivity index (χ0n) is 18.6. The smallest absolute Gasteiger partial charge is 0.0807 e. The number of aliphatic hydroxyl groups excluding tert-OH is 3. The van der Waals surface area contributed by atoms with Crippen LogP contribution in [0, 0.1) is 5.41 Å². The van der Waals surface area contributed by atoms with Crippen LogP contribution < -0.4 is 0 Å². The van der Waals surface area contributed by atoms with Crippen molar-refractivity contribution in [3.05, 3.63) is 0 Å². The molecule has 1 unspecified atom stereocenters. The Labute approximate surface area is 168 Å². The summed E-state index contributed by atoms with van der Waals surface area (Å²) < 4.78 is 6.47. The molecule has 0 saturated heterocycles. The molecule has 27 heavy (non-hydrogen) atoms. The molecule has 0 aliphatic carbocycles. The molecule has 164 valence electrons. The maximum absolute atomic E-state index is 11.1. The van der Waals surface area contributed by atoms with Crippen molar-refractivity contribution < 1.29 is 20.1 Å². The third-order valence-corrected chi connectivity index (χ3v) is 6.14. The lowest BCUT2D eigenvalue weighted by Gasteiger charge is -2.51. The minimum atomic E-state index is -1.00. The average molecular weight is 389 g/mol. The van der Waals surface area contributed by atoms with Crippen molar-refractivity contribution in [1.29, 1.82) is 0 Å². The van der Waals surface area contributed by atoms with Gasteiger partial charge in [-0.25, -0.2) is 0 Å². The van der Waals surface area contributed by atoms with Crippen LogP contribution in [-0.4, -0.2) is 46.8 Å². The van der Waals surface area contributed by atoms with E-state index in [9.17, 15) is 15.3 Å². The summed E-state index contributed by atoms with van der Waals surface area (Å²) in [5.41, 5.74) is -1.67. The Morgan fingerprint density at radius 2 is 1.19 bits per heavy atom. The van der Waals surface area contributed by atoms with Crippen molar-refractivity contribution in [3.8, 4) is 0 Å². The van der Waals surface area contributed by atoms with Crippen LogP contribution in [0.1, 0.15) is 111 Å². The predicted octanol–water partition coefficient (Wildman–Crippen LogP) is 5.22. The second kappa shape index (κ2) is 15.7. The molecule has 3 N–H and O–H groups in total. The fourth-order valence-electron chi connectivity index (χ4n) is 4.25. The van der Waals surface area contributed by atoms with E-state index >= 15 is 0 Å². The number of hydrogen-bond acceptors (Lipinski definition) is 4. The molecule has 0 rings (SSSR count). The zero-order chi connectivity index (χ0) is 20.6. The van der Waals surface area contributed by atoms with E-state index < -0.39 is 17.1 Å². The highest BCUT2D eigenvalue weighted by Gasteiger charge is 2.55. The van der Waals surface area contributed by atoms with Crippen molar-refractivity contribution in [2.45, 2.75) is 123 Å². The largest absolute Gasteiger partial charge is 0.395 e. The molecule has 0 bridgehead atoms. The first-order valence-electron chi connectivity index (χ1n) is 11.6. The van der Waals surface area contributed by atoms with Gasteiger partial charge in [-0.05, 0) is 25.7 Å². The Balaban J connectivity index is 5.78. The second-order valence-corrected chi connectivity index (χ2v) is 8.24. The normalized spacial score (nSPS) is 13.9. The molecule has 0 aliphatic heterocycles. The maximum atomic E-state index is 11.1. The fourth-order valence-corrected chi connectivity index (χ4v) is 4.25. The summed E-state index contributed by atoms with van der Waals surface area (Å²) in [6.45, 7) is 8.70. The van der Waals surface area contributed by atoms with Crippen LogP contribution >= 0.6 is 0 Å². The van der Waals surface area contributed by atoms with Crippen molar-refractivity contribution >= 4 is 0 Å². The number of hydrogen-bond donors (Lipinski definition) is 3. The summed E-state index contributed by atoms with van der Waals surface area (Å²) in [6.07, 6.45) is 11.8. The Hall–Kier alpha value is -0.160. The first-order chi connectivity index (χ1) is 13.0. The lowest BCUT2D eigenvalue weighted by atomic mass is 9.63. The topological polar surface area (TPSA) is 69.9 Å². The minimum absolute atomic E-state index is 0.237. The Morgan fingerprint density at radius 3 is 1.59 bits per heavy atom. The van der Waals surface area contributed by atoms with Gasteiger partial charge in [0.1, 0.15) is 0 Å². The summed E-state index contributed by atoms with van der Waals surface area (Å²) in [5, 5.41) is 32.0. The molecule has 0 aromatic rings. The van der Waals surface area contributed by atoms with Gasteiger partial charge < -0.3 is 20.1 Å². The van der Waals surface area contributed by atoms with E-state index in [-0.39, 0.29) is 13.2 Å². The van der Waals surface area contributed by atoms with Gasteiger partial charge in [0, 0.05) is 6.61 Å². The molecular formula is C23H48O4. The van der Waals surface area contributed by atoms with Gasteiger partial charge in [0.25, 0.3) is 0 Å². The number of rotatable bonds is 19. The lowest BCUT2D eigenvalue weighted by molar-refractivity contribution is -0.219. The summed E-state index contributed by atoms with van der Waals surface area (Å²) in [4.78, 5) is 0. The molecule has 0 radical (unpaired) electrons. The van der Waals surface area contributed by atoms with Crippen LogP contribution in [0.3, 0.4) is 0 Å². The number of ether oxygens (including phenoxy) is 1. The zero-order valence-corrected chi connectivity index (χ0v) is 18.6. The van der Waals surface area contributed by atoms with Crippen LogP contribution in [0.5, 0.6) is 0 Å². The van der Waals surface area contributed by atoms with E-state index in [0.717, 1.165) is 77.0 Å². The predicted molar refractivity (Wildman–Crippen MR) is 114 cm³/mol. The molecule has 0 spiro atoms. The van der Waals surface area contributed by atoms with Gasteiger partial charge in [-0.2, -0.15) is 0 Å². The summed E-state index contributed by atoms with van der Waals surface area (Å²) >= 11 is 0. The van der Waals surface area contributed by atoms with Crippen LogP contribution in [0.4, 0.5) is 0 Å². The second-order valence-electron chi connectivity index (χ2n) is 8.24. The van der Waals surface area contributed by atoms with Gasteiger partial charge in [-0.1, -0.05) is 85.5 Å².